The molecule has 1 saturated heterocycles. The maximum Gasteiger partial charge on any atom is 0.218 e. The van der Waals surface area contributed by atoms with E-state index >= 15 is 0 Å². The van der Waals surface area contributed by atoms with Gasteiger partial charge in [-0.3, -0.25) is 0 Å². The van der Waals surface area contributed by atoms with Crippen molar-refractivity contribution >= 4 is 10.0 Å². The summed E-state index contributed by atoms with van der Waals surface area (Å²) in [5.41, 5.74) is 1.15. The van der Waals surface area contributed by atoms with E-state index in [-0.39, 0.29) is 11.8 Å². The Morgan fingerprint density at radius 2 is 2.32 bits per heavy atom. The SMILES string of the molecule is CC1CN(S(=O)(=O)Cc2cccc(C#N)c2)CCN1. The first-order valence-corrected chi connectivity index (χ1v) is 7.82. The number of hydrogen-bond donors (Lipinski definition) is 1. The number of nitriles is 1. The lowest BCUT2D eigenvalue weighted by Gasteiger charge is -2.31. The molecule has 1 aliphatic rings. The fourth-order valence-corrected chi connectivity index (χ4v) is 3.79. The van der Waals surface area contributed by atoms with Gasteiger partial charge in [0.1, 0.15) is 0 Å². The molecule has 6 heteroatoms. The van der Waals surface area contributed by atoms with Crippen LogP contribution in [0.1, 0.15) is 18.1 Å². The van der Waals surface area contributed by atoms with E-state index in [2.05, 4.69) is 5.32 Å². The summed E-state index contributed by atoms with van der Waals surface area (Å²) in [6.07, 6.45) is 0. The lowest BCUT2D eigenvalue weighted by atomic mass is 10.2. The van der Waals surface area contributed by atoms with Crippen molar-refractivity contribution in [3.63, 3.8) is 0 Å². The third-order valence-corrected chi connectivity index (χ3v) is 4.95. The molecular weight excluding hydrogens is 262 g/mol. The molecule has 1 N–H and O–H groups in total. The average molecular weight is 279 g/mol. The third kappa shape index (κ3) is 3.53. The molecular formula is C13H17N3O2S. The van der Waals surface area contributed by atoms with Crippen molar-refractivity contribution in [2.45, 2.75) is 18.7 Å². The molecule has 1 aromatic carbocycles. The predicted octanol–water partition coefficient (Wildman–Crippen LogP) is 0.682. The quantitative estimate of drug-likeness (QED) is 0.883. The van der Waals surface area contributed by atoms with Gasteiger partial charge >= 0.3 is 0 Å². The van der Waals surface area contributed by atoms with Gasteiger partial charge in [-0.2, -0.15) is 9.57 Å². The Kier molecular flexibility index (Phi) is 4.20. The molecule has 1 unspecified atom stereocenters. The molecule has 5 nitrogen and oxygen atoms in total. The second kappa shape index (κ2) is 5.70. The highest BCUT2D eigenvalue weighted by atomic mass is 32.2. The van der Waals surface area contributed by atoms with Gasteiger partial charge in [0.25, 0.3) is 0 Å². The number of benzene rings is 1. The summed E-state index contributed by atoms with van der Waals surface area (Å²) in [5.74, 6) is -0.0464. The normalized spacial score (nSPS) is 20.9. The largest absolute Gasteiger partial charge is 0.312 e. The van der Waals surface area contributed by atoms with Crippen LogP contribution in [0.25, 0.3) is 0 Å². The number of hydrogen-bond acceptors (Lipinski definition) is 4. The fraction of sp³-hybridized carbons (Fsp3) is 0.462. The fourth-order valence-electron chi connectivity index (χ4n) is 2.18. The zero-order valence-electron chi connectivity index (χ0n) is 10.8. The molecule has 0 aliphatic carbocycles. The predicted molar refractivity (Wildman–Crippen MR) is 72.8 cm³/mol. The van der Waals surface area contributed by atoms with Gasteiger partial charge in [-0.15, -0.1) is 0 Å². The monoisotopic (exact) mass is 279 g/mol. The molecule has 1 heterocycles. The molecule has 0 saturated carbocycles. The van der Waals surface area contributed by atoms with Gasteiger partial charge in [-0.1, -0.05) is 12.1 Å². The molecule has 19 heavy (non-hydrogen) atoms. The van der Waals surface area contributed by atoms with Gasteiger partial charge in [-0.05, 0) is 24.6 Å². The molecule has 1 fully saturated rings. The van der Waals surface area contributed by atoms with Crippen molar-refractivity contribution in [2.24, 2.45) is 0 Å². The van der Waals surface area contributed by atoms with Gasteiger partial charge in [0.05, 0.1) is 17.4 Å². The van der Waals surface area contributed by atoms with E-state index in [0.717, 1.165) is 0 Å². The molecule has 1 atom stereocenters. The van der Waals surface area contributed by atoms with E-state index in [1.807, 2.05) is 13.0 Å². The van der Waals surface area contributed by atoms with Crippen LogP contribution in [-0.4, -0.2) is 38.4 Å². The van der Waals surface area contributed by atoms with E-state index in [4.69, 9.17) is 5.26 Å². The minimum Gasteiger partial charge on any atom is -0.312 e. The van der Waals surface area contributed by atoms with Gasteiger partial charge in [0.15, 0.2) is 0 Å². The first-order valence-electron chi connectivity index (χ1n) is 6.21. The highest BCUT2D eigenvalue weighted by molar-refractivity contribution is 7.88. The highest BCUT2D eigenvalue weighted by Gasteiger charge is 2.26. The average Bonchev–Trinajstić information content (AvgIpc) is 2.38. The van der Waals surface area contributed by atoms with Crippen molar-refractivity contribution in [2.75, 3.05) is 19.6 Å². The number of sulfonamides is 1. The van der Waals surface area contributed by atoms with Gasteiger partial charge in [0.2, 0.25) is 10.0 Å². The first kappa shape index (κ1) is 14.0. The van der Waals surface area contributed by atoms with E-state index in [1.54, 1.807) is 24.3 Å². The second-order valence-corrected chi connectivity index (χ2v) is 6.75. The van der Waals surface area contributed by atoms with E-state index in [9.17, 15) is 8.42 Å². The minimum absolute atomic E-state index is 0.0464. The summed E-state index contributed by atoms with van der Waals surface area (Å²) in [5, 5.41) is 12.0. The summed E-state index contributed by atoms with van der Waals surface area (Å²) >= 11 is 0. The maximum atomic E-state index is 12.3. The van der Waals surface area contributed by atoms with Gasteiger partial charge in [0, 0.05) is 25.7 Å². The van der Waals surface area contributed by atoms with Crippen LogP contribution in [0, 0.1) is 11.3 Å². The van der Waals surface area contributed by atoms with Crippen LogP contribution in [0.15, 0.2) is 24.3 Å². The summed E-state index contributed by atoms with van der Waals surface area (Å²) in [6.45, 7) is 3.65. The van der Waals surface area contributed by atoms with Crippen LogP contribution >= 0.6 is 0 Å². The van der Waals surface area contributed by atoms with Crippen LogP contribution < -0.4 is 5.32 Å². The Balaban J connectivity index is 2.14. The Morgan fingerprint density at radius 1 is 1.53 bits per heavy atom. The van der Waals surface area contributed by atoms with Gasteiger partial charge < -0.3 is 5.32 Å². The molecule has 0 spiro atoms. The lowest BCUT2D eigenvalue weighted by molar-refractivity contribution is 0.310. The Bertz CT molecular complexity index is 592. The molecule has 1 aliphatic heterocycles. The lowest BCUT2D eigenvalue weighted by Crippen LogP contribution is -2.51. The number of piperazine rings is 1. The van der Waals surface area contributed by atoms with Crippen LogP contribution in [0.5, 0.6) is 0 Å². The van der Waals surface area contributed by atoms with Crippen LogP contribution in [0.2, 0.25) is 0 Å². The van der Waals surface area contributed by atoms with Crippen molar-refractivity contribution in [3.05, 3.63) is 35.4 Å². The van der Waals surface area contributed by atoms with Crippen molar-refractivity contribution in [1.29, 1.82) is 5.26 Å². The number of nitrogens with zero attached hydrogens (tertiary/aromatic N) is 2. The summed E-state index contributed by atoms with van der Waals surface area (Å²) < 4.78 is 26.2. The van der Waals surface area contributed by atoms with E-state index in [0.29, 0.717) is 30.8 Å². The Hall–Kier alpha value is -1.42. The minimum atomic E-state index is -3.31. The topological polar surface area (TPSA) is 73.2 Å². The van der Waals surface area contributed by atoms with Crippen molar-refractivity contribution in [3.8, 4) is 6.07 Å². The Labute approximate surface area is 113 Å². The first-order chi connectivity index (χ1) is 9.01. The van der Waals surface area contributed by atoms with Gasteiger partial charge in [-0.25, -0.2) is 8.42 Å². The summed E-state index contributed by atoms with van der Waals surface area (Å²) in [6, 6.07) is 8.95. The maximum absolute atomic E-state index is 12.3. The van der Waals surface area contributed by atoms with Crippen LogP contribution in [-0.2, 0) is 15.8 Å². The smallest absolute Gasteiger partial charge is 0.218 e. The standard InChI is InChI=1S/C13H17N3O2S/c1-11-9-16(6-5-15-11)19(17,18)10-13-4-2-3-12(7-13)8-14/h2-4,7,11,15H,5-6,9-10H2,1H3. The molecule has 0 radical (unpaired) electrons. The molecule has 1 aromatic rings. The Morgan fingerprint density at radius 3 is 3.00 bits per heavy atom. The molecule has 0 aromatic heterocycles. The third-order valence-electron chi connectivity index (χ3n) is 3.13. The molecule has 2 rings (SSSR count). The van der Waals surface area contributed by atoms with Crippen LogP contribution in [0.4, 0.5) is 0 Å². The molecule has 0 amide bonds. The zero-order valence-corrected chi connectivity index (χ0v) is 11.7. The molecule has 102 valence electrons. The number of nitrogens with one attached hydrogen (secondary N) is 1. The second-order valence-electron chi connectivity index (χ2n) is 4.78. The molecule has 0 bridgehead atoms. The summed E-state index contributed by atoms with van der Waals surface area (Å²) in [4.78, 5) is 0. The number of rotatable bonds is 3. The van der Waals surface area contributed by atoms with Crippen molar-refractivity contribution < 1.29 is 8.42 Å². The van der Waals surface area contributed by atoms with Crippen molar-refractivity contribution in [1.82, 2.24) is 9.62 Å². The summed E-state index contributed by atoms with van der Waals surface area (Å²) in [7, 11) is -3.31. The van der Waals surface area contributed by atoms with Crippen LogP contribution in [0.3, 0.4) is 0 Å². The zero-order chi connectivity index (χ0) is 13.9. The highest BCUT2D eigenvalue weighted by Crippen LogP contribution is 2.14. The van der Waals surface area contributed by atoms with E-state index in [1.165, 1.54) is 4.31 Å². The van der Waals surface area contributed by atoms with E-state index < -0.39 is 10.0 Å².